The van der Waals surface area contributed by atoms with Crippen molar-refractivity contribution in [3.8, 4) is 33.9 Å². The second kappa shape index (κ2) is 9.07. The van der Waals surface area contributed by atoms with Crippen LogP contribution in [0.15, 0.2) is 61.1 Å². The normalized spacial score (nSPS) is 12.0. The first-order chi connectivity index (χ1) is 15.1. The number of aromatic nitrogens is 3. The van der Waals surface area contributed by atoms with Crippen LogP contribution in [0.2, 0.25) is 0 Å². The minimum atomic E-state index is -0.249. The van der Waals surface area contributed by atoms with Crippen molar-refractivity contribution in [3.05, 3.63) is 66.7 Å². The lowest BCUT2D eigenvalue weighted by Crippen LogP contribution is -2.17. The summed E-state index contributed by atoms with van der Waals surface area (Å²) in [6.07, 6.45) is 3.40. The van der Waals surface area contributed by atoms with Gasteiger partial charge in [-0.05, 0) is 42.0 Å². The van der Waals surface area contributed by atoms with Crippen LogP contribution in [0.3, 0.4) is 0 Å². The van der Waals surface area contributed by atoms with Crippen molar-refractivity contribution >= 4 is 10.9 Å². The van der Waals surface area contributed by atoms with Crippen molar-refractivity contribution in [1.82, 2.24) is 15.0 Å². The Hall–Kier alpha value is -3.55. The molecule has 1 atom stereocenters. The zero-order chi connectivity index (χ0) is 21.8. The van der Waals surface area contributed by atoms with E-state index in [-0.39, 0.29) is 6.04 Å². The van der Waals surface area contributed by atoms with E-state index in [4.69, 9.17) is 19.9 Å². The van der Waals surface area contributed by atoms with E-state index in [2.05, 4.69) is 21.0 Å². The average Bonchev–Trinajstić information content (AvgIpc) is 2.83. The molecule has 0 aliphatic carbocycles. The first-order valence-corrected chi connectivity index (χ1v) is 9.82. The van der Waals surface area contributed by atoms with Crippen LogP contribution in [-0.4, -0.2) is 42.9 Å². The van der Waals surface area contributed by atoms with E-state index >= 15 is 0 Å². The second-order valence-electron chi connectivity index (χ2n) is 7.06. The van der Waals surface area contributed by atoms with Gasteiger partial charge in [-0.25, -0.2) is 9.97 Å². The Morgan fingerprint density at radius 1 is 0.806 bits per heavy atom. The van der Waals surface area contributed by atoms with Crippen LogP contribution in [0.1, 0.15) is 11.7 Å². The fraction of sp³-hybridized carbons (Fsp3) is 0.208. The van der Waals surface area contributed by atoms with E-state index in [0.29, 0.717) is 18.1 Å². The summed E-state index contributed by atoms with van der Waals surface area (Å²) in [5.41, 5.74) is 11.5. The number of ether oxygens (including phenoxy) is 3. The fourth-order valence-corrected chi connectivity index (χ4v) is 3.51. The minimum Gasteiger partial charge on any atom is -0.493 e. The van der Waals surface area contributed by atoms with Gasteiger partial charge in [0.05, 0.1) is 43.8 Å². The largest absolute Gasteiger partial charge is 0.493 e. The third kappa shape index (κ3) is 4.19. The zero-order valence-electron chi connectivity index (χ0n) is 17.7. The number of benzene rings is 2. The van der Waals surface area contributed by atoms with Crippen molar-refractivity contribution in [2.24, 2.45) is 5.73 Å². The van der Waals surface area contributed by atoms with Crippen molar-refractivity contribution in [2.75, 3.05) is 27.9 Å². The van der Waals surface area contributed by atoms with Gasteiger partial charge < -0.3 is 19.9 Å². The van der Waals surface area contributed by atoms with Crippen LogP contribution < -0.4 is 15.2 Å². The van der Waals surface area contributed by atoms with Crippen molar-refractivity contribution in [2.45, 2.75) is 6.04 Å². The van der Waals surface area contributed by atoms with Crippen LogP contribution in [0.4, 0.5) is 0 Å². The first-order valence-electron chi connectivity index (χ1n) is 9.82. The molecule has 1 unspecified atom stereocenters. The Morgan fingerprint density at radius 3 is 2.29 bits per heavy atom. The maximum absolute atomic E-state index is 6.07. The van der Waals surface area contributed by atoms with E-state index < -0.39 is 0 Å². The summed E-state index contributed by atoms with van der Waals surface area (Å²) in [4.78, 5) is 13.5. The molecule has 0 bridgehead atoms. The van der Waals surface area contributed by atoms with E-state index in [1.807, 2.05) is 48.7 Å². The molecule has 4 rings (SSSR count). The monoisotopic (exact) mass is 416 g/mol. The number of rotatable bonds is 7. The third-order valence-electron chi connectivity index (χ3n) is 5.14. The highest BCUT2D eigenvalue weighted by atomic mass is 16.5. The van der Waals surface area contributed by atoms with Gasteiger partial charge in [0.25, 0.3) is 0 Å². The molecule has 0 fully saturated rings. The molecule has 31 heavy (non-hydrogen) atoms. The Balaban J connectivity index is 1.76. The second-order valence-corrected chi connectivity index (χ2v) is 7.06. The molecule has 0 amide bonds. The number of nitrogens with zero attached hydrogens (tertiary/aromatic N) is 3. The molecule has 0 saturated heterocycles. The predicted octanol–water partition coefficient (Wildman–Crippen LogP) is 4.02. The molecule has 0 spiro atoms. The fourth-order valence-electron chi connectivity index (χ4n) is 3.51. The van der Waals surface area contributed by atoms with Crippen LogP contribution in [0.5, 0.6) is 11.5 Å². The Morgan fingerprint density at radius 2 is 1.58 bits per heavy atom. The van der Waals surface area contributed by atoms with Gasteiger partial charge in [0.15, 0.2) is 11.5 Å². The molecule has 2 heterocycles. The maximum Gasteiger partial charge on any atom is 0.161 e. The highest BCUT2D eigenvalue weighted by molar-refractivity contribution is 5.95. The van der Waals surface area contributed by atoms with Gasteiger partial charge in [-0.15, -0.1) is 0 Å². The number of methoxy groups -OCH3 is 3. The molecule has 2 N–H and O–H groups in total. The lowest BCUT2D eigenvalue weighted by Gasteiger charge is -2.12. The molecule has 0 radical (unpaired) electrons. The lowest BCUT2D eigenvalue weighted by atomic mass is 10.0. The highest BCUT2D eigenvalue weighted by Crippen LogP contribution is 2.35. The smallest absolute Gasteiger partial charge is 0.161 e. The maximum atomic E-state index is 6.07. The van der Waals surface area contributed by atoms with Crippen LogP contribution in [0, 0.1) is 0 Å². The quantitative estimate of drug-likeness (QED) is 0.486. The van der Waals surface area contributed by atoms with Crippen LogP contribution >= 0.6 is 0 Å². The topological polar surface area (TPSA) is 92.4 Å². The number of fused-ring (bicyclic) bond motifs is 1. The van der Waals surface area contributed by atoms with Gasteiger partial charge in [-0.1, -0.05) is 12.1 Å². The number of nitrogens with two attached hydrogens (primary N) is 1. The zero-order valence-corrected chi connectivity index (χ0v) is 17.7. The molecule has 2 aromatic carbocycles. The minimum absolute atomic E-state index is 0.249. The first kappa shape index (κ1) is 20.7. The van der Waals surface area contributed by atoms with Gasteiger partial charge >= 0.3 is 0 Å². The van der Waals surface area contributed by atoms with E-state index in [1.54, 1.807) is 27.7 Å². The summed E-state index contributed by atoms with van der Waals surface area (Å²) in [7, 11) is 4.86. The van der Waals surface area contributed by atoms with E-state index in [1.165, 1.54) is 0 Å². The molecule has 0 aliphatic heterocycles. The van der Waals surface area contributed by atoms with E-state index in [0.717, 1.165) is 39.0 Å². The Labute approximate surface area is 180 Å². The van der Waals surface area contributed by atoms with Crippen LogP contribution in [-0.2, 0) is 4.74 Å². The molecular weight excluding hydrogens is 392 g/mol. The van der Waals surface area contributed by atoms with Crippen molar-refractivity contribution in [3.63, 3.8) is 0 Å². The number of hydrogen-bond donors (Lipinski definition) is 1. The molecule has 7 nitrogen and oxygen atoms in total. The summed E-state index contributed by atoms with van der Waals surface area (Å²) in [5, 5.41) is 0.937. The summed E-state index contributed by atoms with van der Waals surface area (Å²) < 4.78 is 15.9. The van der Waals surface area contributed by atoms with Gasteiger partial charge in [-0.2, -0.15) is 0 Å². The predicted molar refractivity (Wildman–Crippen MR) is 120 cm³/mol. The Kier molecular flexibility index (Phi) is 6.06. The molecule has 0 saturated carbocycles. The van der Waals surface area contributed by atoms with Gasteiger partial charge in [0.1, 0.15) is 6.33 Å². The number of pyridine rings is 1. The summed E-state index contributed by atoms with van der Waals surface area (Å²) in [6.45, 7) is 0.425. The van der Waals surface area contributed by atoms with Gasteiger partial charge in [-0.3, -0.25) is 4.98 Å². The molecule has 4 aromatic rings. The van der Waals surface area contributed by atoms with Gasteiger partial charge in [0.2, 0.25) is 0 Å². The standard InChI is InChI=1S/C24H24N4O3/c1-29-13-19(25)21-8-5-17(12-26-21)15-4-7-20-18(10-15)24(28-14-27-20)16-6-9-22(30-2)23(11-16)31-3/h4-12,14,19H,13,25H2,1-3H3. The summed E-state index contributed by atoms with van der Waals surface area (Å²) in [6, 6.07) is 15.5. The lowest BCUT2D eigenvalue weighted by molar-refractivity contribution is 0.179. The molecule has 2 aromatic heterocycles. The third-order valence-corrected chi connectivity index (χ3v) is 5.14. The SMILES string of the molecule is COCC(N)c1ccc(-c2ccc3ncnc(-c4ccc(OC)c(OC)c4)c3c2)cn1. The number of hydrogen-bond acceptors (Lipinski definition) is 7. The van der Waals surface area contributed by atoms with Crippen molar-refractivity contribution < 1.29 is 14.2 Å². The molecule has 158 valence electrons. The molecular formula is C24H24N4O3. The summed E-state index contributed by atoms with van der Waals surface area (Å²) >= 11 is 0. The molecule has 7 heteroatoms. The van der Waals surface area contributed by atoms with Crippen LogP contribution in [0.25, 0.3) is 33.3 Å². The molecule has 0 aliphatic rings. The summed E-state index contributed by atoms with van der Waals surface area (Å²) in [5.74, 6) is 1.32. The van der Waals surface area contributed by atoms with E-state index in [9.17, 15) is 0 Å². The van der Waals surface area contributed by atoms with Crippen molar-refractivity contribution in [1.29, 1.82) is 0 Å². The average molecular weight is 416 g/mol. The van der Waals surface area contributed by atoms with Gasteiger partial charge in [0, 0.05) is 29.8 Å². The Bertz CT molecular complexity index is 1200. The highest BCUT2D eigenvalue weighted by Gasteiger charge is 2.12.